The van der Waals surface area contributed by atoms with Crippen molar-refractivity contribution < 1.29 is 4.79 Å². The third kappa shape index (κ3) is 4.43. The lowest BCUT2D eigenvalue weighted by atomic mass is 10.2. The number of rotatable bonds is 6. The van der Waals surface area contributed by atoms with E-state index in [1.165, 1.54) is 0 Å². The topological polar surface area (TPSA) is 66.9 Å². The average molecular weight is 305 g/mol. The third-order valence-electron chi connectivity index (χ3n) is 2.85. The molecule has 0 bridgehead atoms. The SMILES string of the molecule is CCCNc1ccc(C(=O)NCc2ccccc2Cl)nn1. The Bertz CT molecular complexity index is 601. The normalized spacial score (nSPS) is 10.2. The van der Waals surface area contributed by atoms with E-state index in [0.29, 0.717) is 17.4 Å². The molecular weight excluding hydrogens is 288 g/mol. The first-order valence-corrected chi connectivity index (χ1v) is 7.17. The molecule has 2 N–H and O–H groups in total. The number of carbonyl (C=O) groups is 1. The predicted octanol–water partition coefficient (Wildman–Crippen LogP) is 2.88. The molecule has 0 atom stereocenters. The Morgan fingerprint density at radius 1 is 1.19 bits per heavy atom. The Kier molecular flexibility index (Phi) is 5.51. The van der Waals surface area contributed by atoms with E-state index < -0.39 is 0 Å². The van der Waals surface area contributed by atoms with Gasteiger partial charge in [-0.15, -0.1) is 10.2 Å². The second-order valence-electron chi connectivity index (χ2n) is 4.50. The molecule has 0 saturated heterocycles. The molecule has 21 heavy (non-hydrogen) atoms. The largest absolute Gasteiger partial charge is 0.369 e. The monoisotopic (exact) mass is 304 g/mol. The lowest BCUT2D eigenvalue weighted by molar-refractivity contribution is 0.0945. The molecule has 0 radical (unpaired) electrons. The standard InChI is InChI=1S/C15H17ClN4O/c1-2-9-17-14-8-7-13(19-20-14)15(21)18-10-11-5-3-4-6-12(11)16/h3-8H,2,9-10H2,1H3,(H,17,20)(H,18,21). The fourth-order valence-corrected chi connectivity index (χ4v) is 1.91. The number of hydrogen-bond donors (Lipinski definition) is 2. The zero-order chi connectivity index (χ0) is 15.1. The molecule has 0 spiro atoms. The summed E-state index contributed by atoms with van der Waals surface area (Å²) in [6, 6.07) is 10.8. The molecule has 0 aliphatic carbocycles. The van der Waals surface area contributed by atoms with Crippen LogP contribution in [0.1, 0.15) is 29.4 Å². The average Bonchev–Trinajstić information content (AvgIpc) is 2.52. The van der Waals surface area contributed by atoms with Crippen molar-refractivity contribution >= 4 is 23.3 Å². The molecule has 0 aliphatic rings. The van der Waals surface area contributed by atoms with Crippen molar-refractivity contribution in [3.8, 4) is 0 Å². The van der Waals surface area contributed by atoms with Crippen LogP contribution in [0.3, 0.4) is 0 Å². The maximum atomic E-state index is 12.0. The van der Waals surface area contributed by atoms with Crippen LogP contribution in [-0.2, 0) is 6.54 Å². The van der Waals surface area contributed by atoms with E-state index in [2.05, 4.69) is 27.8 Å². The Labute approximate surface area is 128 Å². The fraction of sp³-hybridized carbons (Fsp3) is 0.267. The molecule has 1 heterocycles. The van der Waals surface area contributed by atoms with Crippen molar-refractivity contribution in [2.75, 3.05) is 11.9 Å². The quantitative estimate of drug-likeness (QED) is 0.861. The van der Waals surface area contributed by atoms with E-state index in [1.807, 2.05) is 18.2 Å². The number of aromatic nitrogens is 2. The van der Waals surface area contributed by atoms with Crippen molar-refractivity contribution in [1.82, 2.24) is 15.5 Å². The van der Waals surface area contributed by atoms with E-state index in [4.69, 9.17) is 11.6 Å². The summed E-state index contributed by atoms with van der Waals surface area (Å²) in [6.45, 7) is 3.25. The molecule has 0 fully saturated rings. The van der Waals surface area contributed by atoms with Gasteiger partial charge in [0.05, 0.1) is 0 Å². The number of carbonyl (C=O) groups excluding carboxylic acids is 1. The van der Waals surface area contributed by atoms with Gasteiger partial charge in [-0.2, -0.15) is 0 Å². The molecule has 0 saturated carbocycles. The molecule has 110 valence electrons. The van der Waals surface area contributed by atoms with Gasteiger partial charge in [-0.3, -0.25) is 4.79 Å². The minimum atomic E-state index is -0.274. The predicted molar refractivity (Wildman–Crippen MR) is 83.4 cm³/mol. The van der Waals surface area contributed by atoms with Gasteiger partial charge < -0.3 is 10.6 Å². The molecule has 2 rings (SSSR count). The van der Waals surface area contributed by atoms with Crippen LogP contribution in [0.5, 0.6) is 0 Å². The highest BCUT2D eigenvalue weighted by Crippen LogP contribution is 2.14. The Morgan fingerprint density at radius 2 is 2.00 bits per heavy atom. The number of benzene rings is 1. The van der Waals surface area contributed by atoms with Crippen molar-refractivity contribution in [2.45, 2.75) is 19.9 Å². The molecule has 6 heteroatoms. The fourth-order valence-electron chi connectivity index (χ4n) is 1.71. The highest BCUT2D eigenvalue weighted by molar-refractivity contribution is 6.31. The Balaban J connectivity index is 1.93. The number of hydrogen-bond acceptors (Lipinski definition) is 4. The van der Waals surface area contributed by atoms with E-state index in [1.54, 1.807) is 18.2 Å². The molecule has 5 nitrogen and oxygen atoms in total. The summed E-state index contributed by atoms with van der Waals surface area (Å²) in [5.74, 6) is 0.393. The second kappa shape index (κ2) is 7.59. The summed E-state index contributed by atoms with van der Waals surface area (Å²) in [7, 11) is 0. The maximum absolute atomic E-state index is 12.0. The molecule has 1 aromatic carbocycles. The zero-order valence-electron chi connectivity index (χ0n) is 11.8. The van der Waals surface area contributed by atoms with Crippen LogP contribution in [-0.4, -0.2) is 22.6 Å². The van der Waals surface area contributed by atoms with E-state index in [0.717, 1.165) is 18.5 Å². The van der Waals surface area contributed by atoms with E-state index >= 15 is 0 Å². The summed E-state index contributed by atoms with van der Waals surface area (Å²) in [5, 5.41) is 14.4. The van der Waals surface area contributed by atoms with Crippen molar-refractivity contribution in [2.24, 2.45) is 0 Å². The van der Waals surface area contributed by atoms with Gasteiger partial charge >= 0.3 is 0 Å². The third-order valence-corrected chi connectivity index (χ3v) is 3.22. The van der Waals surface area contributed by atoms with Crippen molar-refractivity contribution in [1.29, 1.82) is 0 Å². The van der Waals surface area contributed by atoms with Crippen molar-refractivity contribution in [3.63, 3.8) is 0 Å². The smallest absolute Gasteiger partial charge is 0.272 e. The van der Waals surface area contributed by atoms with Crippen LogP contribution in [0.4, 0.5) is 5.82 Å². The number of halogens is 1. The summed E-state index contributed by atoms with van der Waals surface area (Å²) >= 11 is 6.04. The minimum Gasteiger partial charge on any atom is -0.369 e. The maximum Gasteiger partial charge on any atom is 0.272 e. The molecule has 2 aromatic rings. The van der Waals surface area contributed by atoms with Crippen LogP contribution in [0.15, 0.2) is 36.4 Å². The second-order valence-corrected chi connectivity index (χ2v) is 4.91. The van der Waals surface area contributed by atoms with Crippen LogP contribution in [0, 0.1) is 0 Å². The minimum absolute atomic E-state index is 0.274. The first-order chi connectivity index (χ1) is 10.2. The molecular formula is C15H17ClN4O. The zero-order valence-corrected chi connectivity index (χ0v) is 12.5. The molecule has 1 amide bonds. The van der Waals surface area contributed by atoms with Crippen LogP contribution in [0.2, 0.25) is 5.02 Å². The van der Waals surface area contributed by atoms with Gasteiger partial charge in [-0.25, -0.2) is 0 Å². The van der Waals surface area contributed by atoms with Gasteiger partial charge in [0.2, 0.25) is 0 Å². The Hall–Kier alpha value is -2.14. The molecule has 0 unspecified atom stereocenters. The summed E-state index contributed by atoms with van der Waals surface area (Å²) in [4.78, 5) is 12.0. The lowest BCUT2D eigenvalue weighted by Crippen LogP contribution is -2.24. The number of anilines is 1. The summed E-state index contributed by atoms with van der Waals surface area (Å²) in [6.07, 6.45) is 1.00. The first kappa shape index (κ1) is 15.3. The van der Waals surface area contributed by atoms with Gasteiger partial charge in [0, 0.05) is 18.1 Å². The van der Waals surface area contributed by atoms with Crippen molar-refractivity contribution in [3.05, 3.63) is 52.7 Å². The van der Waals surface area contributed by atoms with Gasteiger partial charge in [0.25, 0.3) is 5.91 Å². The van der Waals surface area contributed by atoms with E-state index in [9.17, 15) is 4.79 Å². The van der Waals surface area contributed by atoms with Gasteiger partial charge in [-0.1, -0.05) is 36.7 Å². The van der Waals surface area contributed by atoms with Gasteiger partial charge in [0.1, 0.15) is 5.82 Å². The lowest BCUT2D eigenvalue weighted by Gasteiger charge is -2.07. The van der Waals surface area contributed by atoms with Crippen LogP contribution >= 0.6 is 11.6 Å². The van der Waals surface area contributed by atoms with E-state index in [-0.39, 0.29) is 11.6 Å². The van der Waals surface area contributed by atoms with Crippen LogP contribution < -0.4 is 10.6 Å². The number of nitrogens with one attached hydrogen (secondary N) is 2. The molecule has 1 aromatic heterocycles. The highest BCUT2D eigenvalue weighted by atomic mass is 35.5. The Morgan fingerprint density at radius 3 is 2.67 bits per heavy atom. The number of nitrogens with zero attached hydrogens (tertiary/aromatic N) is 2. The number of amides is 1. The first-order valence-electron chi connectivity index (χ1n) is 6.80. The molecule has 0 aliphatic heterocycles. The van der Waals surface area contributed by atoms with Gasteiger partial charge in [0.15, 0.2) is 5.69 Å². The van der Waals surface area contributed by atoms with Crippen LogP contribution in [0.25, 0.3) is 0 Å². The highest BCUT2D eigenvalue weighted by Gasteiger charge is 2.08. The summed E-state index contributed by atoms with van der Waals surface area (Å²) < 4.78 is 0. The van der Waals surface area contributed by atoms with Gasteiger partial charge in [-0.05, 0) is 30.2 Å². The summed E-state index contributed by atoms with van der Waals surface area (Å²) in [5.41, 5.74) is 1.14.